The fraction of sp³-hybridized carbons (Fsp3) is 0.417. The van der Waals surface area contributed by atoms with Gasteiger partial charge in [0.25, 0.3) is 0 Å². The van der Waals surface area contributed by atoms with Crippen molar-refractivity contribution < 1.29 is 9.90 Å². The molecule has 1 rings (SSSR count). The molecule has 1 unspecified atom stereocenters. The molecule has 0 fully saturated rings. The Labute approximate surface area is 105 Å². The molecule has 0 aromatic heterocycles. The predicted molar refractivity (Wildman–Crippen MR) is 66.1 cm³/mol. The molecule has 0 saturated heterocycles. The standard InChI is InChI=1S/C12H14Cl2O2/c1-7(2)8(12(15)16)6-9-10(13)4-3-5-11(9)14/h3-5,7-8H,6H2,1-2H3,(H,15,16). The van der Waals surface area contributed by atoms with E-state index in [1.165, 1.54) is 0 Å². The third-order valence-corrected chi connectivity index (χ3v) is 3.32. The van der Waals surface area contributed by atoms with Crippen molar-refractivity contribution in [2.24, 2.45) is 11.8 Å². The smallest absolute Gasteiger partial charge is 0.307 e. The number of carbonyl (C=O) groups is 1. The lowest BCUT2D eigenvalue weighted by molar-refractivity contribution is -0.143. The van der Waals surface area contributed by atoms with Gasteiger partial charge in [0.2, 0.25) is 0 Å². The van der Waals surface area contributed by atoms with Crippen LogP contribution in [0, 0.1) is 11.8 Å². The topological polar surface area (TPSA) is 37.3 Å². The van der Waals surface area contributed by atoms with Crippen LogP contribution in [0.25, 0.3) is 0 Å². The van der Waals surface area contributed by atoms with E-state index in [0.717, 1.165) is 0 Å². The maximum Gasteiger partial charge on any atom is 0.307 e. The van der Waals surface area contributed by atoms with Gasteiger partial charge in [-0.3, -0.25) is 4.79 Å². The van der Waals surface area contributed by atoms with Gasteiger partial charge in [-0.25, -0.2) is 0 Å². The summed E-state index contributed by atoms with van der Waals surface area (Å²) in [6.45, 7) is 3.76. The highest BCUT2D eigenvalue weighted by atomic mass is 35.5. The zero-order chi connectivity index (χ0) is 12.3. The molecule has 0 spiro atoms. The highest BCUT2D eigenvalue weighted by Gasteiger charge is 2.23. The molecule has 0 aliphatic carbocycles. The van der Waals surface area contributed by atoms with Gasteiger partial charge in [0.15, 0.2) is 0 Å². The molecule has 0 aliphatic rings. The van der Waals surface area contributed by atoms with Crippen LogP contribution >= 0.6 is 23.2 Å². The summed E-state index contributed by atoms with van der Waals surface area (Å²) in [7, 11) is 0. The first-order valence-corrected chi connectivity index (χ1v) is 5.84. The van der Waals surface area contributed by atoms with Gasteiger partial charge in [0, 0.05) is 10.0 Å². The Morgan fingerprint density at radius 3 is 2.19 bits per heavy atom. The molecule has 0 bridgehead atoms. The van der Waals surface area contributed by atoms with Gasteiger partial charge in [-0.2, -0.15) is 0 Å². The maximum atomic E-state index is 11.1. The van der Waals surface area contributed by atoms with Crippen LogP contribution in [0.3, 0.4) is 0 Å². The zero-order valence-corrected chi connectivity index (χ0v) is 10.7. The van der Waals surface area contributed by atoms with Crippen LogP contribution < -0.4 is 0 Å². The molecule has 16 heavy (non-hydrogen) atoms. The lowest BCUT2D eigenvalue weighted by Gasteiger charge is -2.17. The summed E-state index contributed by atoms with van der Waals surface area (Å²) in [6, 6.07) is 5.20. The second kappa shape index (κ2) is 5.55. The van der Waals surface area contributed by atoms with Crippen LogP contribution in [-0.4, -0.2) is 11.1 Å². The van der Waals surface area contributed by atoms with E-state index >= 15 is 0 Å². The molecule has 1 N–H and O–H groups in total. The lowest BCUT2D eigenvalue weighted by atomic mass is 9.89. The molecule has 0 amide bonds. The zero-order valence-electron chi connectivity index (χ0n) is 9.21. The van der Waals surface area contributed by atoms with Crippen molar-refractivity contribution in [2.75, 3.05) is 0 Å². The summed E-state index contributed by atoms with van der Waals surface area (Å²) in [4.78, 5) is 11.1. The first-order valence-electron chi connectivity index (χ1n) is 5.09. The molecule has 1 aromatic rings. The van der Waals surface area contributed by atoms with Crippen LogP contribution in [0.4, 0.5) is 0 Å². The number of aliphatic carboxylic acids is 1. The SMILES string of the molecule is CC(C)C(Cc1c(Cl)cccc1Cl)C(=O)O. The molecule has 0 saturated carbocycles. The Hall–Kier alpha value is -0.730. The Kier molecular flexibility index (Phi) is 4.63. The van der Waals surface area contributed by atoms with Crippen molar-refractivity contribution in [1.82, 2.24) is 0 Å². The van der Waals surface area contributed by atoms with Crippen molar-refractivity contribution >= 4 is 29.2 Å². The van der Waals surface area contributed by atoms with E-state index in [9.17, 15) is 4.79 Å². The molecular formula is C12H14Cl2O2. The number of benzene rings is 1. The monoisotopic (exact) mass is 260 g/mol. The van der Waals surface area contributed by atoms with Gasteiger partial charge in [-0.15, -0.1) is 0 Å². The number of hydrogen-bond donors (Lipinski definition) is 1. The summed E-state index contributed by atoms with van der Waals surface area (Å²) in [5, 5.41) is 10.2. The molecule has 1 atom stereocenters. The molecule has 1 aromatic carbocycles. The first-order chi connectivity index (χ1) is 7.43. The molecule has 0 aliphatic heterocycles. The minimum atomic E-state index is -0.814. The molecule has 88 valence electrons. The van der Waals surface area contributed by atoms with Crippen LogP contribution in [-0.2, 0) is 11.2 Å². The first kappa shape index (κ1) is 13.3. The van der Waals surface area contributed by atoms with Crippen molar-refractivity contribution in [3.8, 4) is 0 Å². The van der Waals surface area contributed by atoms with E-state index in [4.69, 9.17) is 28.3 Å². The van der Waals surface area contributed by atoms with Crippen LogP contribution in [0.1, 0.15) is 19.4 Å². The molecular weight excluding hydrogens is 247 g/mol. The summed E-state index contributed by atoms with van der Waals surface area (Å²) in [5.74, 6) is -1.23. The van der Waals surface area contributed by atoms with Gasteiger partial charge in [-0.1, -0.05) is 43.1 Å². The fourth-order valence-electron chi connectivity index (χ4n) is 1.56. The van der Waals surface area contributed by atoms with Crippen molar-refractivity contribution in [3.63, 3.8) is 0 Å². The quantitative estimate of drug-likeness (QED) is 0.892. The minimum Gasteiger partial charge on any atom is -0.481 e. The number of carboxylic acid groups (broad SMARTS) is 1. The van der Waals surface area contributed by atoms with Crippen molar-refractivity contribution in [3.05, 3.63) is 33.8 Å². The lowest BCUT2D eigenvalue weighted by Crippen LogP contribution is -2.22. The Morgan fingerprint density at radius 2 is 1.81 bits per heavy atom. The highest BCUT2D eigenvalue weighted by Crippen LogP contribution is 2.29. The van der Waals surface area contributed by atoms with E-state index in [2.05, 4.69) is 0 Å². The normalized spacial score (nSPS) is 12.8. The van der Waals surface area contributed by atoms with Crippen LogP contribution in [0.15, 0.2) is 18.2 Å². The van der Waals surface area contributed by atoms with Crippen molar-refractivity contribution in [2.45, 2.75) is 20.3 Å². The third-order valence-electron chi connectivity index (χ3n) is 2.61. The molecule has 0 heterocycles. The second-order valence-corrected chi connectivity index (χ2v) is 4.91. The number of carboxylic acids is 1. The van der Waals surface area contributed by atoms with Crippen LogP contribution in [0.2, 0.25) is 10.0 Å². The van der Waals surface area contributed by atoms with E-state index in [-0.39, 0.29) is 5.92 Å². The van der Waals surface area contributed by atoms with Gasteiger partial charge in [0.05, 0.1) is 5.92 Å². The number of rotatable bonds is 4. The highest BCUT2D eigenvalue weighted by molar-refractivity contribution is 6.36. The van der Waals surface area contributed by atoms with E-state index in [1.54, 1.807) is 18.2 Å². The third kappa shape index (κ3) is 3.13. The summed E-state index contributed by atoms with van der Waals surface area (Å²) >= 11 is 12.0. The van der Waals surface area contributed by atoms with Gasteiger partial charge < -0.3 is 5.11 Å². The summed E-state index contributed by atoms with van der Waals surface area (Å²) in [5.41, 5.74) is 0.715. The largest absolute Gasteiger partial charge is 0.481 e. The molecule has 0 radical (unpaired) electrons. The number of hydrogen-bond acceptors (Lipinski definition) is 1. The molecule has 2 nitrogen and oxygen atoms in total. The van der Waals surface area contributed by atoms with Gasteiger partial charge >= 0.3 is 5.97 Å². The van der Waals surface area contributed by atoms with Gasteiger partial charge in [0.1, 0.15) is 0 Å². The second-order valence-electron chi connectivity index (χ2n) is 4.09. The minimum absolute atomic E-state index is 0.0461. The average molecular weight is 261 g/mol. The van der Waals surface area contributed by atoms with Crippen molar-refractivity contribution in [1.29, 1.82) is 0 Å². The Bertz CT molecular complexity index is 368. The fourth-order valence-corrected chi connectivity index (χ4v) is 2.11. The maximum absolute atomic E-state index is 11.1. The summed E-state index contributed by atoms with van der Waals surface area (Å²) < 4.78 is 0. The summed E-state index contributed by atoms with van der Waals surface area (Å²) in [6.07, 6.45) is 0.367. The van der Waals surface area contributed by atoms with Crippen LogP contribution in [0.5, 0.6) is 0 Å². The number of halogens is 2. The van der Waals surface area contributed by atoms with Gasteiger partial charge in [-0.05, 0) is 30.0 Å². The average Bonchev–Trinajstić information content (AvgIpc) is 2.15. The van der Waals surface area contributed by atoms with E-state index in [1.807, 2.05) is 13.8 Å². The van der Waals surface area contributed by atoms with E-state index in [0.29, 0.717) is 22.0 Å². The van der Waals surface area contributed by atoms with E-state index < -0.39 is 11.9 Å². The molecule has 4 heteroatoms. The Morgan fingerprint density at radius 1 is 1.31 bits per heavy atom. The predicted octanol–water partition coefficient (Wildman–Crippen LogP) is 3.89. The Balaban J connectivity index is 2.98.